The highest BCUT2D eigenvalue weighted by Gasteiger charge is 2.10. The van der Waals surface area contributed by atoms with Crippen LogP contribution in [0.25, 0.3) is 6.08 Å². The first-order valence-corrected chi connectivity index (χ1v) is 7.71. The molecule has 0 aliphatic carbocycles. The van der Waals surface area contributed by atoms with Gasteiger partial charge in [-0.05, 0) is 35.9 Å². The van der Waals surface area contributed by atoms with Crippen LogP contribution in [0.4, 0.5) is 0 Å². The molecule has 2 aromatic rings. The first-order chi connectivity index (χ1) is 11.8. The van der Waals surface area contributed by atoms with Crippen LogP contribution >= 0.6 is 0 Å². The first kappa shape index (κ1) is 15.7. The number of nitrogens with one attached hydrogen (secondary N) is 1. The molecule has 0 bridgehead atoms. The highest BCUT2D eigenvalue weighted by molar-refractivity contribution is 5.91. The Hall–Kier alpha value is -3.19. The predicted octanol–water partition coefficient (Wildman–Crippen LogP) is 2.64. The highest BCUT2D eigenvalue weighted by atomic mass is 16.6. The van der Waals surface area contributed by atoms with E-state index in [-0.39, 0.29) is 5.91 Å². The zero-order valence-corrected chi connectivity index (χ0v) is 13.1. The number of amides is 1. The van der Waals surface area contributed by atoms with Crippen molar-refractivity contribution in [2.45, 2.75) is 0 Å². The van der Waals surface area contributed by atoms with Crippen molar-refractivity contribution in [3.63, 3.8) is 0 Å². The van der Waals surface area contributed by atoms with Crippen molar-refractivity contribution in [1.29, 1.82) is 0 Å². The van der Waals surface area contributed by atoms with Crippen molar-refractivity contribution in [2.24, 2.45) is 0 Å². The standard InChI is InChI=1S/C20H17NO3/c22-20(21-12-4-7-16-5-2-1-3-6-16)11-9-17-8-10-18-19(15-17)24-14-13-23-18/h1-3,5-6,8-11,15H,12-14H2,(H,21,22)/b11-9-. The summed E-state index contributed by atoms with van der Waals surface area (Å²) in [6.07, 6.45) is 3.22. The Bertz CT molecular complexity index is 801. The zero-order chi connectivity index (χ0) is 16.6. The number of fused-ring (bicyclic) bond motifs is 1. The van der Waals surface area contributed by atoms with Crippen LogP contribution in [0.15, 0.2) is 54.6 Å². The van der Waals surface area contributed by atoms with Gasteiger partial charge < -0.3 is 14.8 Å². The van der Waals surface area contributed by atoms with Crippen molar-refractivity contribution < 1.29 is 14.3 Å². The van der Waals surface area contributed by atoms with Crippen molar-refractivity contribution in [3.05, 3.63) is 65.7 Å². The first-order valence-electron chi connectivity index (χ1n) is 7.71. The van der Waals surface area contributed by atoms with Crippen LogP contribution in [-0.2, 0) is 4.79 Å². The molecule has 120 valence electrons. The summed E-state index contributed by atoms with van der Waals surface area (Å²) in [5.41, 5.74) is 1.81. The number of hydrogen-bond acceptors (Lipinski definition) is 3. The topological polar surface area (TPSA) is 47.6 Å². The van der Waals surface area contributed by atoms with Crippen LogP contribution in [-0.4, -0.2) is 25.7 Å². The molecular formula is C20H17NO3. The van der Waals surface area contributed by atoms with Gasteiger partial charge in [0.1, 0.15) is 13.2 Å². The molecule has 1 N–H and O–H groups in total. The van der Waals surface area contributed by atoms with Crippen molar-refractivity contribution in [3.8, 4) is 23.3 Å². The van der Waals surface area contributed by atoms with Crippen LogP contribution in [0, 0.1) is 11.8 Å². The number of rotatable bonds is 3. The lowest BCUT2D eigenvalue weighted by atomic mass is 10.2. The normalized spacial score (nSPS) is 12.3. The SMILES string of the molecule is O=C(/C=C\c1ccc2c(c1)OCCO2)NCC#Cc1ccccc1. The van der Waals surface area contributed by atoms with Crippen LogP contribution in [0.1, 0.15) is 11.1 Å². The summed E-state index contributed by atoms with van der Waals surface area (Å²) in [4.78, 5) is 11.8. The lowest BCUT2D eigenvalue weighted by molar-refractivity contribution is -0.116. The van der Waals surface area contributed by atoms with Gasteiger partial charge in [0.2, 0.25) is 5.91 Å². The largest absolute Gasteiger partial charge is 0.486 e. The minimum atomic E-state index is -0.188. The van der Waals surface area contributed by atoms with Gasteiger partial charge in [-0.1, -0.05) is 36.1 Å². The van der Waals surface area contributed by atoms with Gasteiger partial charge in [0, 0.05) is 11.6 Å². The van der Waals surface area contributed by atoms with Crippen LogP contribution in [0.2, 0.25) is 0 Å². The van der Waals surface area contributed by atoms with Crippen molar-refractivity contribution in [2.75, 3.05) is 19.8 Å². The van der Waals surface area contributed by atoms with Crippen LogP contribution in [0.3, 0.4) is 0 Å². The third-order valence-corrected chi connectivity index (χ3v) is 3.35. The number of carbonyl (C=O) groups excluding carboxylic acids is 1. The number of carbonyl (C=O) groups is 1. The highest BCUT2D eigenvalue weighted by Crippen LogP contribution is 2.30. The van der Waals surface area contributed by atoms with Gasteiger partial charge in [0.05, 0.1) is 6.54 Å². The molecule has 0 saturated carbocycles. The Balaban J connectivity index is 1.51. The number of ether oxygens (including phenoxy) is 2. The molecule has 0 unspecified atom stereocenters. The molecule has 24 heavy (non-hydrogen) atoms. The molecule has 2 aromatic carbocycles. The van der Waals surface area contributed by atoms with E-state index in [0.29, 0.717) is 25.5 Å². The van der Waals surface area contributed by atoms with Gasteiger partial charge in [-0.25, -0.2) is 0 Å². The molecule has 0 saturated heterocycles. The van der Waals surface area contributed by atoms with Crippen LogP contribution < -0.4 is 14.8 Å². The molecule has 3 rings (SSSR count). The molecule has 0 aromatic heterocycles. The van der Waals surface area contributed by atoms with E-state index in [4.69, 9.17) is 9.47 Å². The van der Waals surface area contributed by atoms with E-state index in [2.05, 4.69) is 17.2 Å². The van der Waals surface area contributed by atoms with Gasteiger partial charge in [-0.15, -0.1) is 0 Å². The molecule has 1 aliphatic rings. The zero-order valence-electron chi connectivity index (χ0n) is 13.1. The smallest absolute Gasteiger partial charge is 0.244 e. The molecule has 0 fully saturated rings. The Morgan fingerprint density at radius 3 is 2.71 bits per heavy atom. The maximum absolute atomic E-state index is 11.8. The molecule has 1 aliphatic heterocycles. The summed E-state index contributed by atoms with van der Waals surface area (Å²) in [7, 11) is 0. The maximum atomic E-state index is 11.8. The van der Waals surface area contributed by atoms with E-state index in [9.17, 15) is 4.79 Å². The lowest BCUT2D eigenvalue weighted by Crippen LogP contribution is -2.20. The van der Waals surface area contributed by atoms with Crippen molar-refractivity contribution >= 4 is 12.0 Å². The average molecular weight is 319 g/mol. The van der Waals surface area contributed by atoms with E-state index in [1.807, 2.05) is 48.5 Å². The third-order valence-electron chi connectivity index (χ3n) is 3.35. The molecule has 0 spiro atoms. The Morgan fingerprint density at radius 1 is 1.08 bits per heavy atom. The van der Waals surface area contributed by atoms with E-state index in [0.717, 1.165) is 16.9 Å². The molecule has 0 radical (unpaired) electrons. The monoisotopic (exact) mass is 319 g/mol. The summed E-state index contributed by atoms with van der Waals surface area (Å²) in [5.74, 6) is 7.16. The Morgan fingerprint density at radius 2 is 1.88 bits per heavy atom. The fraction of sp³-hybridized carbons (Fsp3) is 0.150. The summed E-state index contributed by atoms with van der Waals surface area (Å²) in [5, 5.41) is 2.73. The average Bonchev–Trinajstić information content (AvgIpc) is 2.64. The minimum absolute atomic E-state index is 0.188. The molecule has 0 atom stereocenters. The van der Waals surface area contributed by atoms with Gasteiger partial charge >= 0.3 is 0 Å². The van der Waals surface area contributed by atoms with E-state index in [1.165, 1.54) is 6.08 Å². The van der Waals surface area contributed by atoms with Gasteiger partial charge in [0.15, 0.2) is 11.5 Å². The molecule has 1 heterocycles. The molecule has 4 heteroatoms. The fourth-order valence-corrected chi connectivity index (χ4v) is 2.19. The minimum Gasteiger partial charge on any atom is -0.486 e. The van der Waals surface area contributed by atoms with Crippen molar-refractivity contribution in [1.82, 2.24) is 5.32 Å². The number of hydrogen-bond donors (Lipinski definition) is 1. The fourth-order valence-electron chi connectivity index (χ4n) is 2.19. The summed E-state index contributed by atoms with van der Waals surface area (Å²) >= 11 is 0. The second kappa shape index (κ2) is 7.89. The second-order valence-corrected chi connectivity index (χ2v) is 5.12. The predicted molar refractivity (Wildman–Crippen MR) is 92.8 cm³/mol. The number of benzene rings is 2. The molecule has 1 amide bonds. The van der Waals surface area contributed by atoms with Gasteiger partial charge in [-0.2, -0.15) is 0 Å². The van der Waals surface area contributed by atoms with Gasteiger partial charge in [-0.3, -0.25) is 4.79 Å². The quantitative estimate of drug-likeness (QED) is 0.699. The third kappa shape index (κ3) is 4.40. The maximum Gasteiger partial charge on any atom is 0.244 e. The summed E-state index contributed by atoms with van der Waals surface area (Å²) in [6.45, 7) is 1.41. The summed E-state index contributed by atoms with van der Waals surface area (Å²) < 4.78 is 11.0. The Labute approximate surface area is 141 Å². The lowest BCUT2D eigenvalue weighted by Gasteiger charge is -2.18. The van der Waals surface area contributed by atoms with Gasteiger partial charge in [0.25, 0.3) is 0 Å². The molecule has 4 nitrogen and oxygen atoms in total. The molecular weight excluding hydrogens is 302 g/mol. The Kier molecular flexibility index (Phi) is 5.16. The van der Waals surface area contributed by atoms with E-state index in [1.54, 1.807) is 6.08 Å². The van der Waals surface area contributed by atoms with E-state index < -0.39 is 0 Å². The second-order valence-electron chi connectivity index (χ2n) is 5.12. The summed E-state index contributed by atoms with van der Waals surface area (Å²) in [6, 6.07) is 15.2. The van der Waals surface area contributed by atoms with E-state index >= 15 is 0 Å². The van der Waals surface area contributed by atoms with Crippen LogP contribution in [0.5, 0.6) is 11.5 Å².